The van der Waals surface area contributed by atoms with Gasteiger partial charge < -0.3 is 5.32 Å². The molecule has 1 amide bonds. The zero-order valence-electron chi connectivity index (χ0n) is 18.6. The smallest absolute Gasteiger partial charge is 0.252 e. The third-order valence-electron chi connectivity index (χ3n) is 6.41. The first kappa shape index (κ1) is 21.3. The molecule has 0 saturated carbocycles. The van der Waals surface area contributed by atoms with Crippen LogP contribution in [0.3, 0.4) is 0 Å². The SMILES string of the molecule is Cc1ccccc1[C@@H](NC(=O)c1ccc(CN2CCC(C)CC2)cc1)c1ccccc1. The lowest BCUT2D eigenvalue weighted by atomic mass is 9.94. The van der Waals surface area contributed by atoms with E-state index in [-0.39, 0.29) is 11.9 Å². The number of nitrogens with one attached hydrogen (secondary N) is 1. The van der Waals surface area contributed by atoms with Crippen molar-refractivity contribution >= 4 is 5.91 Å². The minimum absolute atomic E-state index is 0.0459. The maximum atomic E-state index is 13.1. The maximum Gasteiger partial charge on any atom is 0.252 e. The normalized spacial score (nSPS) is 16.1. The van der Waals surface area contributed by atoms with Crippen LogP contribution in [0.1, 0.15) is 58.4 Å². The molecule has 1 aliphatic heterocycles. The highest BCUT2D eigenvalue weighted by molar-refractivity contribution is 5.94. The van der Waals surface area contributed by atoms with Crippen molar-refractivity contribution in [3.05, 3.63) is 107 Å². The van der Waals surface area contributed by atoms with E-state index in [0.717, 1.165) is 23.6 Å². The van der Waals surface area contributed by atoms with Crippen molar-refractivity contribution in [3.63, 3.8) is 0 Å². The summed E-state index contributed by atoms with van der Waals surface area (Å²) in [5.41, 5.74) is 5.34. The Bertz CT molecular complexity index is 989. The predicted molar refractivity (Wildman–Crippen MR) is 127 cm³/mol. The molecular weight excluding hydrogens is 380 g/mol. The number of benzene rings is 3. The van der Waals surface area contributed by atoms with Gasteiger partial charge >= 0.3 is 0 Å². The molecule has 1 fully saturated rings. The quantitative estimate of drug-likeness (QED) is 0.559. The molecule has 1 saturated heterocycles. The van der Waals surface area contributed by atoms with Crippen LogP contribution in [0.25, 0.3) is 0 Å². The van der Waals surface area contributed by atoms with Crippen LogP contribution in [-0.4, -0.2) is 23.9 Å². The molecule has 31 heavy (non-hydrogen) atoms. The average molecular weight is 413 g/mol. The van der Waals surface area contributed by atoms with Crippen LogP contribution in [-0.2, 0) is 6.54 Å². The maximum absolute atomic E-state index is 13.1. The van der Waals surface area contributed by atoms with Crippen LogP contribution >= 0.6 is 0 Å². The van der Waals surface area contributed by atoms with Gasteiger partial charge in [0.15, 0.2) is 0 Å². The van der Waals surface area contributed by atoms with Gasteiger partial charge in [-0.1, -0.05) is 73.7 Å². The summed E-state index contributed by atoms with van der Waals surface area (Å²) in [4.78, 5) is 15.6. The standard InChI is InChI=1S/C28H32N2O/c1-21-16-18-30(19-17-21)20-23-12-14-25(15-13-23)28(31)29-27(24-9-4-3-5-10-24)26-11-7-6-8-22(26)2/h3-15,21,27H,16-20H2,1-2H3,(H,29,31)/t27-/m0/s1. The number of nitrogens with zero attached hydrogens (tertiary/aromatic N) is 1. The molecule has 160 valence electrons. The molecule has 3 nitrogen and oxygen atoms in total. The van der Waals surface area contributed by atoms with Gasteiger partial charge in [-0.25, -0.2) is 0 Å². The fourth-order valence-electron chi connectivity index (χ4n) is 4.35. The highest BCUT2D eigenvalue weighted by Crippen LogP contribution is 2.25. The van der Waals surface area contributed by atoms with E-state index < -0.39 is 0 Å². The number of hydrogen-bond donors (Lipinski definition) is 1. The molecule has 0 aromatic heterocycles. The highest BCUT2D eigenvalue weighted by atomic mass is 16.1. The summed E-state index contributed by atoms with van der Waals surface area (Å²) < 4.78 is 0. The number of likely N-dealkylation sites (tertiary alicyclic amines) is 1. The van der Waals surface area contributed by atoms with Crippen LogP contribution < -0.4 is 5.32 Å². The second-order valence-electron chi connectivity index (χ2n) is 8.83. The van der Waals surface area contributed by atoms with E-state index in [1.165, 1.54) is 37.1 Å². The number of rotatable bonds is 6. The Balaban J connectivity index is 1.48. The Morgan fingerprint density at radius 2 is 1.58 bits per heavy atom. The average Bonchev–Trinajstić information content (AvgIpc) is 2.80. The second kappa shape index (κ2) is 9.93. The van der Waals surface area contributed by atoms with Crippen molar-refractivity contribution in [2.45, 2.75) is 39.3 Å². The van der Waals surface area contributed by atoms with Gasteiger partial charge in [0.25, 0.3) is 5.91 Å². The van der Waals surface area contributed by atoms with Crippen LogP contribution in [0.2, 0.25) is 0 Å². The Kier molecular flexibility index (Phi) is 6.83. The molecule has 1 heterocycles. The zero-order valence-corrected chi connectivity index (χ0v) is 18.6. The topological polar surface area (TPSA) is 32.3 Å². The molecule has 3 aromatic carbocycles. The van der Waals surface area contributed by atoms with E-state index in [2.05, 4.69) is 60.5 Å². The first-order valence-corrected chi connectivity index (χ1v) is 11.3. The van der Waals surface area contributed by atoms with E-state index in [9.17, 15) is 4.79 Å². The van der Waals surface area contributed by atoms with Crippen molar-refractivity contribution in [2.75, 3.05) is 13.1 Å². The molecule has 1 atom stereocenters. The van der Waals surface area contributed by atoms with Gasteiger partial charge in [-0.05, 0) is 73.2 Å². The van der Waals surface area contributed by atoms with Gasteiger partial charge in [0, 0.05) is 12.1 Å². The fraction of sp³-hybridized carbons (Fsp3) is 0.321. The molecule has 3 aromatic rings. The van der Waals surface area contributed by atoms with Crippen LogP contribution in [0.5, 0.6) is 0 Å². The highest BCUT2D eigenvalue weighted by Gasteiger charge is 2.20. The molecule has 0 spiro atoms. The van der Waals surface area contributed by atoms with Crippen molar-refractivity contribution in [3.8, 4) is 0 Å². The van der Waals surface area contributed by atoms with Gasteiger partial charge in [0.1, 0.15) is 0 Å². The lowest BCUT2D eigenvalue weighted by Crippen LogP contribution is -2.32. The van der Waals surface area contributed by atoms with E-state index in [1.54, 1.807) is 0 Å². The van der Waals surface area contributed by atoms with E-state index in [0.29, 0.717) is 5.56 Å². The van der Waals surface area contributed by atoms with Crippen LogP contribution in [0, 0.1) is 12.8 Å². The van der Waals surface area contributed by atoms with E-state index in [1.807, 2.05) is 42.5 Å². The lowest BCUT2D eigenvalue weighted by molar-refractivity contribution is 0.0943. The van der Waals surface area contributed by atoms with Crippen LogP contribution in [0.4, 0.5) is 0 Å². The molecule has 0 bridgehead atoms. The molecule has 0 unspecified atom stereocenters. The first-order valence-electron chi connectivity index (χ1n) is 11.3. The number of amides is 1. The molecule has 0 aliphatic carbocycles. The third kappa shape index (κ3) is 5.42. The molecule has 0 radical (unpaired) electrons. The Hall–Kier alpha value is -2.91. The Morgan fingerprint density at radius 1 is 0.935 bits per heavy atom. The lowest BCUT2D eigenvalue weighted by Gasteiger charge is -2.30. The first-order chi connectivity index (χ1) is 15.1. The number of aryl methyl sites for hydroxylation is 1. The minimum atomic E-state index is -0.176. The fourth-order valence-corrected chi connectivity index (χ4v) is 4.35. The van der Waals surface area contributed by atoms with Gasteiger partial charge in [0.2, 0.25) is 0 Å². The summed E-state index contributed by atoms with van der Waals surface area (Å²) in [6.07, 6.45) is 2.56. The predicted octanol–water partition coefficient (Wildman–Crippen LogP) is 5.75. The van der Waals surface area contributed by atoms with Crippen molar-refractivity contribution in [1.29, 1.82) is 0 Å². The van der Waals surface area contributed by atoms with E-state index >= 15 is 0 Å². The number of hydrogen-bond acceptors (Lipinski definition) is 2. The summed E-state index contributed by atoms with van der Waals surface area (Å²) in [5, 5.41) is 3.26. The third-order valence-corrected chi connectivity index (χ3v) is 6.41. The molecular formula is C28H32N2O. The van der Waals surface area contributed by atoms with Crippen LogP contribution in [0.15, 0.2) is 78.9 Å². The van der Waals surface area contributed by atoms with Gasteiger partial charge in [0.05, 0.1) is 6.04 Å². The van der Waals surface area contributed by atoms with Gasteiger partial charge in [-0.3, -0.25) is 9.69 Å². The summed E-state index contributed by atoms with van der Waals surface area (Å²) in [6, 6.07) is 26.3. The van der Waals surface area contributed by atoms with Gasteiger partial charge in [-0.2, -0.15) is 0 Å². The molecule has 3 heteroatoms. The van der Waals surface area contributed by atoms with Crippen molar-refractivity contribution in [1.82, 2.24) is 10.2 Å². The minimum Gasteiger partial charge on any atom is -0.341 e. The summed E-state index contributed by atoms with van der Waals surface area (Å²) in [7, 11) is 0. The monoisotopic (exact) mass is 412 g/mol. The largest absolute Gasteiger partial charge is 0.341 e. The Morgan fingerprint density at radius 3 is 2.26 bits per heavy atom. The second-order valence-corrected chi connectivity index (χ2v) is 8.83. The summed E-state index contributed by atoms with van der Waals surface area (Å²) in [6.45, 7) is 7.72. The molecule has 1 aliphatic rings. The molecule has 4 rings (SSSR count). The zero-order chi connectivity index (χ0) is 21.6. The molecule has 1 N–H and O–H groups in total. The van der Waals surface area contributed by atoms with Gasteiger partial charge in [-0.15, -0.1) is 0 Å². The number of carbonyl (C=O) groups excluding carboxylic acids is 1. The summed E-state index contributed by atoms with van der Waals surface area (Å²) in [5.74, 6) is 0.795. The van der Waals surface area contributed by atoms with E-state index in [4.69, 9.17) is 0 Å². The van der Waals surface area contributed by atoms with Crippen molar-refractivity contribution in [2.24, 2.45) is 5.92 Å². The number of carbonyl (C=O) groups is 1. The Labute approximate surface area is 186 Å². The number of piperidine rings is 1. The van der Waals surface area contributed by atoms with Crippen molar-refractivity contribution < 1.29 is 4.79 Å². The summed E-state index contributed by atoms with van der Waals surface area (Å²) >= 11 is 0.